The van der Waals surface area contributed by atoms with Crippen LogP contribution in [0.3, 0.4) is 0 Å². The fraction of sp³-hybridized carbons (Fsp3) is 0.417. The van der Waals surface area contributed by atoms with E-state index in [0.29, 0.717) is 53.4 Å². The zero-order chi connectivity index (χ0) is 38.8. The number of hydrogen-bond donors (Lipinski definition) is 2. The lowest BCUT2D eigenvalue weighted by molar-refractivity contribution is -0.384. The molecule has 18 heteroatoms. The second-order valence-electron chi connectivity index (χ2n) is 12.0. The number of carbonyl (C=O) groups is 3. The molecule has 0 spiro atoms. The average Bonchev–Trinajstić information content (AvgIpc) is 3.74. The van der Waals surface area contributed by atoms with Gasteiger partial charge in [-0.1, -0.05) is 19.1 Å². The largest absolute Gasteiger partial charge is 0.494 e. The van der Waals surface area contributed by atoms with Crippen LogP contribution in [0.2, 0.25) is 0 Å². The number of nitrogens with one attached hydrogen (secondary N) is 2. The van der Waals surface area contributed by atoms with Crippen molar-refractivity contribution in [1.82, 2.24) is 19.4 Å². The lowest BCUT2D eigenvalue weighted by Crippen LogP contribution is -2.37. The van der Waals surface area contributed by atoms with Crippen molar-refractivity contribution in [2.45, 2.75) is 33.2 Å². The summed E-state index contributed by atoms with van der Waals surface area (Å²) in [7, 11) is 3.93. The molecule has 2 N–H and O–H groups in total. The van der Waals surface area contributed by atoms with Crippen LogP contribution >= 0.6 is 11.3 Å². The smallest absolute Gasteiger partial charge is 0.338 e. The minimum Gasteiger partial charge on any atom is -0.494 e. The molecule has 1 aliphatic heterocycles. The van der Waals surface area contributed by atoms with Gasteiger partial charge in [0, 0.05) is 38.8 Å². The van der Waals surface area contributed by atoms with Gasteiger partial charge in [0.15, 0.2) is 5.69 Å². The van der Waals surface area contributed by atoms with Crippen LogP contribution in [0, 0.1) is 17.0 Å². The Morgan fingerprint density at radius 3 is 2.39 bits per heavy atom. The molecular weight excluding hydrogens is 723 g/mol. The number of aryl methyl sites for hydroxylation is 2. The lowest BCUT2D eigenvalue weighted by atomic mass is 10.1. The number of hydrogen-bond acceptors (Lipinski definition) is 15. The molecule has 0 unspecified atom stereocenters. The minimum atomic E-state index is -0.733. The topological polar surface area (TPSA) is 199 Å². The monoisotopic (exact) mass is 765 g/mol. The number of benzene rings is 2. The Hall–Kier alpha value is -5.59. The normalized spacial score (nSPS) is 13.2. The van der Waals surface area contributed by atoms with Gasteiger partial charge in [-0.15, -0.1) is 11.3 Å². The van der Waals surface area contributed by atoms with Crippen molar-refractivity contribution in [1.29, 1.82) is 0 Å². The van der Waals surface area contributed by atoms with Gasteiger partial charge in [0.25, 0.3) is 11.6 Å². The van der Waals surface area contributed by atoms with Crippen LogP contribution in [0.4, 0.5) is 17.3 Å². The first-order valence-electron chi connectivity index (χ1n) is 17.2. The Morgan fingerprint density at radius 2 is 1.72 bits per heavy atom. The van der Waals surface area contributed by atoms with E-state index >= 15 is 0 Å². The first kappa shape index (κ1) is 39.6. The molecule has 1 fully saturated rings. The predicted octanol–water partition coefficient (Wildman–Crippen LogP) is 4.88. The summed E-state index contributed by atoms with van der Waals surface area (Å²) in [4.78, 5) is 61.7. The van der Waals surface area contributed by atoms with Crippen molar-refractivity contribution in [3.63, 3.8) is 0 Å². The van der Waals surface area contributed by atoms with Crippen molar-refractivity contribution in [2.24, 2.45) is 0 Å². The van der Waals surface area contributed by atoms with Gasteiger partial charge in [-0.3, -0.25) is 25.1 Å². The van der Waals surface area contributed by atoms with E-state index in [4.69, 9.17) is 23.7 Å². The van der Waals surface area contributed by atoms with Crippen molar-refractivity contribution in [3.8, 4) is 11.5 Å². The quantitative estimate of drug-likeness (QED) is 0.0485. The molecule has 0 saturated carbocycles. The first-order chi connectivity index (χ1) is 26.1. The molecule has 1 aliphatic rings. The molecule has 2 aromatic heterocycles. The summed E-state index contributed by atoms with van der Waals surface area (Å²) in [6, 6.07) is 5.66. The van der Waals surface area contributed by atoms with Gasteiger partial charge in [0.1, 0.15) is 21.9 Å². The van der Waals surface area contributed by atoms with E-state index in [1.807, 2.05) is 13.8 Å². The molecule has 4 aromatic rings. The summed E-state index contributed by atoms with van der Waals surface area (Å²) in [5.41, 5.74) is 1.52. The van der Waals surface area contributed by atoms with E-state index in [2.05, 4.69) is 25.5 Å². The number of allylic oxidation sites excluding steroid dienone is 1. The third kappa shape index (κ3) is 9.31. The Labute approximate surface area is 315 Å². The maximum absolute atomic E-state index is 13.5. The van der Waals surface area contributed by atoms with Crippen LogP contribution in [-0.4, -0.2) is 110 Å². The maximum Gasteiger partial charge on any atom is 0.338 e. The van der Waals surface area contributed by atoms with E-state index in [1.165, 1.54) is 44.8 Å². The number of aromatic nitrogens is 3. The molecule has 0 radical (unpaired) electrons. The molecule has 288 valence electrons. The summed E-state index contributed by atoms with van der Waals surface area (Å²) in [6.45, 7) is 8.04. The molecule has 1 saturated heterocycles. The molecule has 2 aromatic carbocycles. The fourth-order valence-electron chi connectivity index (χ4n) is 5.93. The number of imidazole rings is 1. The number of nitro groups is 1. The number of morpholine rings is 1. The van der Waals surface area contributed by atoms with Crippen molar-refractivity contribution < 1.29 is 43.0 Å². The molecule has 3 heterocycles. The Bertz CT molecular complexity index is 2040. The van der Waals surface area contributed by atoms with E-state index in [1.54, 1.807) is 22.8 Å². The molecule has 0 bridgehead atoms. The Kier molecular flexibility index (Phi) is 13.5. The molecule has 5 rings (SSSR count). The van der Waals surface area contributed by atoms with Crippen LogP contribution in [0.5, 0.6) is 11.5 Å². The summed E-state index contributed by atoms with van der Waals surface area (Å²) in [5, 5.41) is 18.9. The van der Waals surface area contributed by atoms with Crippen LogP contribution in [0.25, 0.3) is 11.0 Å². The number of rotatable bonds is 17. The van der Waals surface area contributed by atoms with Crippen LogP contribution in [0.1, 0.15) is 54.4 Å². The number of amides is 1. The molecule has 17 nitrogen and oxygen atoms in total. The average molecular weight is 766 g/mol. The van der Waals surface area contributed by atoms with Gasteiger partial charge in [-0.25, -0.2) is 19.6 Å². The van der Waals surface area contributed by atoms with Gasteiger partial charge < -0.3 is 33.6 Å². The number of nitro benzene ring substituents is 1. The third-order valence-corrected chi connectivity index (χ3v) is 9.56. The van der Waals surface area contributed by atoms with Gasteiger partial charge >= 0.3 is 11.9 Å². The summed E-state index contributed by atoms with van der Waals surface area (Å²) >= 11 is 1.28. The highest BCUT2D eigenvalue weighted by Gasteiger charge is 2.25. The summed E-state index contributed by atoms with van der Waals surface area (Å²) < 4.78 is 28.5. The van der Waals surface area contributed by atoms with Crippen LogP contribution in [-0.2, 0) is 27.2 Å². The standard InChI is InChI=1S/C36H43N7O10S/c1-6-25-32(54-22(2)38-25)33(44)40-36-39-26-18-23(34(45)50-4)21-29(49-3)31(26)42(36)12-8-7-10-37-30-27(43(47)48)19-24(35(46)51-5)20-28(30)53-15-9-11-41-13-16-52-17-14-41/h7-8,18-21,37H,6,9-17H2,1-5H3,(H,39,40,44)/b8-7+. The summed E-state index contributed by atoms with van der Waals surface area (Å²) in [5.74, 6) is -1.03. The molecule has 0 aliphatic carbocycles. The number of methoxy groups -OCH3 is 3. The van der Waals surface area contributed by atoms with Gasteiger partial charge in [0.2, 0.25) is 5.95 Å². The Balaban J connectivity index is 1.40. The highest BCUT2D eigenvalue weighted by molar-refractivity contribution is 7.13. The number of anilines is 2. The number of ether oxygens (including phenoxy) is 5. The van der Waals surface area contributed by atoms with E-state index in [-0.39, 0.29) is 59.8 Å². The zero-order valence-electron chi connectivity index (χ0n) is 30.8. The number of esters is 2. The zero-order valence-corrected chi connectivity index (χ0v) is 31.6. The molecule has 54 heavy (non-hydrogen) atoms. The van der Waals surface area contributed by atoms with E-state index in [9.17, 15) is 24.5 Å². The highest BCUT2D eigenvalue weighted by Crippen LogP contribution is 2.37. The van der Waals surface area contributed by atoms with E-state index in [0.717, 1.165) is 30.7 Å². The maximum atomic E-state index is 13.5. The van der Waals surface area contributed by atoms with E-state index < -0.39 is 16.9 Å². The van der Waals surface area contributed by atoms with Crippen molar-refractivity contribution in [3.05, 3.63) is 73.2 Å². The van der Waals surface area contributed by atoms with Gasteiger partial charge in [0.05, 0.1) is 73.4 Å². The minimum absolute atomic E-state index is 0.0149. The predicted molar refractivity (Wildman–Crippen MR) is 201 cm³/mol. The first-order valence-corrected chi connectivity index (χ1v) is 18.1. The fourth-order valence-corrected chi connectivity index (χ4v) is 6.83. The second kappa shape index (κ2) is 18.4. The van der Waals surface area contributed by atoms with Gasteiger partial charge in [-0.05, 0) is 38.0 Å². The number of nitrogens with zero attached hydrogens (tertiary/aromatic N) is 5. The van der Waals surface area contributed by atoms with Crippen molar-refractivity contribution in [2.75, 3.05) is 78.0 Å². The molecule has 1 amide bonds. The van der Waals surface area contributed by atoms with Crippen LogP contribution in [0.15, 0.2) is 36.4 Å². The summed E-state index contributed by atoms with van der Waals surface area (Å²) in [6.07, 6.45) is 4.75. The van der Waals surface area contributed by atoms with Crippen LogP contribution < -0.4 is 20.1 Å². The number of carbonyl (C=O) groups excluding carboxylic acids is 3. The third-order valence-electron chi connectivity index (χ3n) is 8.55. The second-order valence-corrected chi connectivity index (χ2v) is 13.2. The SMILES string of the molecule is CCc1nc(C)sc1C(=O)Nc1nc2cc(C(=O)OC)cc(OC)c2n1C/C=C/CNc1c(OCCCN2CCOCC2)cc(C(=O)OC)cc1[N+](=O)[O-]. The number of thiazole rings is 1. The van der Waals surface area contributed by atoms with Gasteiger partial charge in [-0.2, -0.15) is 0 Å². The lowest BCUT2D eigenvalue weighted by Gasteiger charge is -2.26. The highest BCUT2D eigenvalue weighted by atomic mass is 32.1. The molecule has 0 atom stereocenters. The molecular formula is C36H43N7O10S. The van der Waals surface area contributed by atoms with Crippen molar-refractivity contribution >= 4 is 57.5 Å². The Morgan fingerprint density at radius 1 is 1.02 bits per heavy atom. The number of fused-ring (bicyclic) bond motifs is 1.